The van der Waals surface area contributed by atoms with E-state index in [-0.39, 0.29) is 24.1 Å². The van der Waals surface area contributed by atoms with Gasteiger partial charge in [0.1, 0.15) is 5.54 Å². The Morgan fingerprint density at radius 2 is 1.80 bits per heavy atom. The number of hydrogen-bond acceptors (Lipinski definition) is 3. The third-order valence-electron chi connectivity index (χ3n) is 4.57. The highest BCUT2D eigenvalue weighted by Gasteiger charge is 2.52. The fourth-order valence-electron chi connectivity index (χ4n) is 2.19. The van der Waals surface area contributed by atoms with Gasteiger partial charge in [-0.15, -0.1) is 0 Å². The fourth-order valence-corrected chi connectivity index (χ4v) is 3.53. The summed E-state index contributed by atoms with van der Waals surface area (Å²) in [6, 6.07) is 0. The maximum Gasteiger partial charge on any atom is 0.408 e. The van der Waals surface area contributed by atoms with Crippen LogP contribution in [0.1, 0.15) is 34.1 Å². The number of aliphatic carboxylic acids is 1. The molecular formula is C13H25NO5Si. The molecule has 0 aromatic carbocycles. The van der Waals surface area contributed by atoms with Gasteiger partial charge in [0.2, 0.25) is 0 Å². The lowest BCUT2D eigenvalue weighted by Gasteiger charge is -2.38. The number of carboxylic acids is 1. The van der Waals surface area contributed by atoms with E-state index >= 15 is 0 Å². The van der Waals surface area contributed by atoms with Gasteiger partial charge in [0, 0.05) is 6.42 Å². The lowest BCUT2D eigenvalue weighted by atomic mass is 9.99. The van der Waals surface area contributed by atoms with E-state index in [1.807, 2.05) is 0 Å². The minimum atomic E-state index is -2.04. The predicted molar refractivity (Wildman–Crippen MR) is 77.5 cm³/mol. The van der Waals surface area contributed by atoms with Crippen molar-refractivity contribution >= 4 is 20.4 Å². The molecule has 116 valence electrons. The van der Waals surface area contributed by atoms with Crippen molar-refractivity contribution in [1.82, 2.24) is 4.90 Å². The van der Waals surface area contributed by atoms with E-state index in [1.165, 1.54) is 6.92 Å². The van der Waals surface area contributed by atoms with Crippen molar-refractivity contribution in [3.05, 3.63) is 0 Å². The summed E-state index contributed by atoms with van der Waals surface area (Å²) in [5.41, 5.74) is -1.40. The second-order valence-corrected chi connectivity index (χ2v) is 11.9. The first-order chi connectivity index (χ1) is 8.81. The maximum atomic E-state index is 11.4. The van der Waals surface area contributed by atoms with Crippen LogP contribution in [0.5, 0.6) is 0 Å². The van der Waals surface area contributed by atoms with Crippen LogP contribution in [-0.4, -0.2) is 53.7 Å². The van der Waals surface area contributed by atoms with Crippen molar-refractivity contribution in [3.8, 4) is 0 Å². The molecule has 2 atom stereocenters. The topological polar surface area (TPSA) is 87.1 Å². The number of amides is 1. The van der Waals surface area contributed by atoms with Crippen LogP contribution in [0.3, 0.4) is 0 Å². The maximum absolute atomic E-state index is 11.4. The summed E-state index contributed by atoms with van der Waals surface area (Å²) in [5.74, 6) is -1.12. The van der Waals surface area contributed by atoms with Gasteiger partial charge in [0.25, 0.3) is 0 Å². The molecule has 1 heterocycles. The Morgan fingerprint density at radius 3 is 2.10 bits per heavy atom. The minimum Gasteiger partial charge on any atom is -0.480 e. The van der Waals surface area contributed by atoms with Crippen LogP contribution in [0.4, 0.5) is 4.79 Å². The van der Waals surface area contributed by atoms with Crippen molar-refractivity contribution in [3.63, 3.8) is 0 Å². The number of carbonyl (C=O) groups is 2. The first-order valence-electron chi connectivity index (χ1n) is 6.73. The van der Waals surface area contributed by atoms with Gasteiger partial charge in [-0.3, -0.25) is 4.90 Å². The third-order valence-corrected chi connectivity index (χ3v) is 9.10. The van der Waals surface area contributed by atoms with Crippen LogP contribution in [-0.2, 0) is 9.22 Å². The molecule has 0 saturated carbocycles. The molecule has 0 aromatic rings. The second kappa shape index (κ2) is 5.03. The van der Waals surface area contributed by atoms with Gasteiger partial charge in [-0.1, -0.05) is 20.8 Å². The zero-order valence-corrected chi connectivity index (χ0v) is 14.1. The van der Waals surface area contributed by atoms with E-state index in [0.717, 1.165) is 4.90 Å². The van der Waals surface area contributed by atoms with Crippen LogP contribution >= 0.6 is 0 Å². The van der Waals surface area contributed by atoms with E-state index in [4.69, 9.17) is 4.43 Å². The smallest absolute Gasteiger partial charge is 0.408 e. The quantitative estimate of drug-likeness (QED) is 0.783. The molecule has 1 aliphatic rings. The third kappa shape index (κ3) is 2.98. The molecule has 1 amide bonds. The minimum absolute atomic E-state index is 0.00324. The highest BCUT2D eigenvalue weighted by atomic mass is 28.4. The summed E-state index contributed by atoms with van der Waals surface area (Å²) in [7, 11) is -2.04. The zero-order valence-electron chi connectivity index (χ0n) is 13.1. The molecule has 1 saturated heterocycles. The molecule has 0 bridgehead atoms. The lowest BCUT2D eigenvalue weighted by Crippen LogP contribution is -2.50. The van der Waals surface area contributed by atoms with Gasteiger partial charge >= 0.3 is 12.1 Å². The number of carboxylic acid groups (broad SMARTS) is 2. The molecule has 0 aliphatic carbocycles. The average molecular weight is 303 g/mol. The largest absolute Gasteiger partial charge is 0.480 e. The molecule has 1 fully saturated rings. The number of nitrogens with zero attached hydrogens (tertiary/aromatic N) is 1. The average Bonchev–Trinajstić information content (AvgIpc) is 2.54. The molecule has 7 heteroatoms. The standard InChI is InChI=1S/C13H25NO5Si/c1-12(2,3)20(5,6)19-9-7-13(4,10(15)16)14(8-9)11(17)18/h9H,7-8H2,1-6H3,(H,15,16)(H,17,18). The van der Waals surface area contributed by atoms with Crippen molar-refractivity contribution in [2.75, 3.05) is 6.54 Å². The first-order valence-corrected chi connectivity index (χ1v) is 9.64. The Balaban J connectivity index is 2.93. The zero-order chi connectivity index (χ0) is 15.9. The molecular weight excluding hydrogens is 278 g/mol. The molecule has 0 radical (unpaired) electrons. The highest BCUT2D eigenvalue weighted by molar-refractivity contribution is 6.74. The Bertz CT molecular complexity index is 417. The molecule has 1 aliphatic heterocycles. The molecule has 0 aromatic heterocycles. The van der Waals surface area contributed by atoms with E-state index < -0.39 is 25.9 Å². The molecule has 6 nitrogen and oxygen atoms in total. The molecule has 1 rings (SSSR count). The number of hydrogen-bond donors (Lipinski definition) is 2. The van der Waals surface area contributed by atoms with Crippen LogP contribution in [0, 0.1) is 0 Å². The first kappa shape index (κ1) is 17.0. The Labute approximate surface area is 120 Å². The van der Waals surface area contributed by atoms with E-state index in [2.05, 4.69) is 33.9 Å². The Morgan fingerprint density at radius 1 is 1.30 bits per heavy atom. The Kier molecular flexibility index (Phi) is 4.27. The second-order valence-electron chi connectivity index (χ2n) is 7.18. The monoisotopic (exact) mass is 303 g/mol. The van der Waals surface area contributed by atoms with Crippen molar-refractivity contribution in [1.29, 1.82) is 0 Å². The van der Waals surface area contributed by atoms with Crippen LogP contribution in [0.15, 0.2) is 0 Å². The van der Waals surface area contributed by atoms with Crippen molar-refractivity contribution in [2.45, 2.75) is 63.9 Å². The van der Waals surface area contributed by atoms with E-state index in [0.29, 0.717) is 0 Å². The molecule has 20 heavy (non-hydrogen) atoms. The molecule has 2 N–H and O–H groups in total. The summed E-state index contributed by atoms with van der Waals surface area (Å²) in [6.07, 6.45) is -1.37. The predicted octanol–water partition coefficient (Wildman–Crippen LogP) is 2.60. The molecule has 2 unspecified atom stereocenters. The Hall–Kier alpha value is -1.08. The summed E-state index contributed by atoms with van der Waals surface area (Å²) >= 11 is 0. The summed E-state index contributed by atoms with van der Waals surface area (Å²) in [5, 5.41) is 18.5. The molecule has 0 spiro atoms. The van der Waals surface area contributed by atoms with Gasteiger partial charge < -0.3 is 14.6 Å². The van der Waals surface area contributed by atoms with Gasteiger partial charge in [-0.25, -0.2) is 9.59 Å². The van der Waals surface area contributed by atoms with Gasteiger partial charge in [0.15, 0.2) is 8.32 Å². The van der Waals surface area contributed by atoms with Gasteiger partial charge in [0.05, 0.1) is 12.6 Å². The van der Waals surface area contributed by atoms with Gasteiger partial charge in [-0.05, 0) is 25.1 Å². The van der Waals surface area contributed by atoms with E-state index in [9.17, 15) is 19.8 Å². The normalized spacial score (nSPS) is 27.7. The SMILES string of the molecule is CC1(C(=O)O)CC(O[Si](C)(C)C(C)(C)C)CN1C(=O)O. The lowest BCUT2D eigenvalue weighted by molar-refractivity contribution is -0.147. The summed E-state index contributed by atoms with van der Waals surface area (Å²) in [4.78, 5) is 23.6. The number of rotatable bonds is 3. The fraction of sp³-hybridized carbons (Fsp3) is 0.846. The van der Waals surface area contributed by atoms with Gasteiger partial charge in [-0.2, -0.15) is 0 Å². The van der Waals surface area contributed by atoms with Crippen molar-refractivity contribution < 1.29 is 24.2 Å². The summed E-state index contributed by atoms with van der Waals surface area (Å²) in [6.45, 7) is 12.0. The highest BCUT2D eigenvalue weighted by Crippen LogP contribution is 2.40. The van der Waals surface area contributed by atoms with Crippen molar-refractivity contribution in [2.24, 2.45) is 0 Å². The van der Waals surface area contributed by atoms with Crippen LogP contribution in [0.2, 0.25) is 18.1 Å². The van der Waals surface area contributed by atoms with Crippen LogP contribution < -0.4 is 0 Å². The number of likely N-dealkylation sites (tertiary alicyclic amines) is 1. The summed E-state index contributed by atoms with van der Waals surface area (Å²) < 4.78 is 6.16. The van der Waals surface area contributed by atoms with E-state index in [1.54, 1.807) is 0 Å². The van der Waals surface area contributed by atoms with Crippen LogP contribution in [0.25, 0.3) is 0 Å².